The summed E-state index contributed by atoms with van der Waals surface area (Å²) in [5.41, 5.74) is 7.50. The van der Waals surface area contributed by atoms with Crippen molar-refractivity contribution >= 4 is 11.7 Å². The summed E-state index contributed by atoms with van der Waals surface area (Å²) in [6.45, 7) is 0. The maximum absolute atomic E-state index is 11.8. The van der Waals surface area contributed by atoms with Gasteiger partial charge in [-0.15, -0.1) is 0 Å². The van der Waals surface area contributed by atoms with Gasteiger partial charge in [-0.1, -0.05) is 18.2 Å². The zero-order chi connectivity index (χ0) is 14.0. The zero-order valence-electron chi connectivity index (χ0n) is 10.6. The van der Waals surface area contributed by atoms with Crippen LogP contribution in [0.4, 0.5) is 5.69 Å². The fourth-order valence-electron chi connectivity index (χ4n) is 2.07. The second-order valence-electron chi connectivity index (χ2n) is 3.84. The van der Waals surface area contributed by atoms with Crippen LogP contribution in [0.1, 0.15) is 15.9 Å². The fourth-order valence-corrected chi connectivity index (χ4v) is 2.07. The molecule has 0 aromatic heterocycles. The predicted octanol–water partition coefficient (Wildman–Crippen LogP) is 2.04. The molecule has 0 aromatic carbocycles. The lowest BCUT2D eigenvalue weighted by Crippen LogP contribution is -2.04. The number of rotatable bonds is 2. The topological polar surface area (TPSA) is 85.3 Å². The molecule has 0 heterocycles. The Labute approximate surface area is 110 Å². The van der Waals surface area contributed by atoms with Crippen molar-refractivity contribution < 1.29 is 14.3 Å². The monoisotopic (exact) mass is 256 g/mol. The molecule has 0 fully saturated rings. The number of anilines is 1. The molecule has 19 heavy (non-hydrogen) atoms. The quantitative estimate of drug-likeness (QED) is 0.831. The van der Waals surface area contributed by atoms with Gasteiger partial charge in [0.05, 0.1) is 31.0 Å². The van der Waals surface area contributed by atoms with E-state index in [1.807, 2.05) is 6.07 Å². The number of esters is 1. The van der Waals surface area contributed by atoms with Crippen LogP contribution in [0.15, 0.2) is 24.3 Å². The Bertz CT molecular complexity index is 659. The standard InChI is InChI=1S/C14H12N2O3/c1-18-10-6-4-3-5-8-11(10)9(7-15)13(16)12(8)14(17)19-2/h3-6H,16H2,1-2H3. The van der Waals surface area contributed by atoms with E-state index in [2.05, 4.69) is 0 Å². The van der Waals surface area contributed by atoms with E-state index >= 15 is 0 Å². The van der Waals surface area contributed by atoms with Gasteiger partial charge in [0.2, 0.25) is 0 Å². The Hall–Kier alpha value is -2.74. The molecule has 96 valence electrons. The van der Waals surface area contributed by atoms with Crippen LogP contribution >= 0.6 is 0 Å². The van der Waals surface area contributed by atoms with Gasteiger partial charge in [-0.25, -0.2) is 4.79 Å². The van der Waals surface area contributed by atoms with Gasteiger partial charge in [0.25, 0.3) is 0 Å². The molecule has 0 spiro atoms. The number of hydrogen-bond acceptors (Lipinski definition) is 5. The third-order valence-electron chi connectivity index (χ3n) is 2.92. The number of nitrogen functional groups attached to an aromatic ring is 1. The number of carbonyl (C=O) groups excluding carboxylic acids is 1. The third-order valence-corrected chi connectivity index (χ3v) is 2.92. The average Bonchev–Trinajstić information content (AvgIpc) is 2.58. The molecule has 0 amide bonds. The fraction of sp³-hybridized carbons (Fsp3) is 0.143. The van der Waals surface area contributed by atoms with Crippen molar-refractivity contribution in [1.82, 2.24) is 0 Å². The first-order valence-corrected chi connectivity index (χ1v) is 5.52. The summed E-state index contributed by atoms with van der Waals surface area (Å²) in [7, 11) is 2.77. The van der Waals surface area contributed by atoms with Crippen LogP contribution in [0.25, 0.3) is 11.1 Å². The van der Waals surface area contributed by atoms with E-state index in [-0.39, 0.29) is 16.8 Å². The van der Waals surface area contributed by atoms with Crippen molar-refractivity contribution in [3.8, 4) is 22.9 Å². The highest BCUT2D eigenvalue weighted by molar-refractivity contribution is 6.08. The van der Waals surface area contributed by atoms with Gasteiger partial charge in [0, 0.05) is 11.1 Å². The maximum atomic E-state index is 11.8. The van der Waals surface area contributed by atoms with Gasteiger partial charge >= 0.3 is 5.97 Å². The van der Waals surface area contributed by atoms with Crippen molar-refractivity contribution in [2.75, 3.05) is 20.0 Å². The van der Waals surface area contributed by atoms with Crippen LogP contribution in [-0.4, -0.2) is 20.2 Å². The van der Waals surface area contributed by atoms with Crippen molar-refractivity contribution in [1.29, 1.82) is 5.26 Å². The molecule has 5 nitrogen and oxygen atoms in total. The molecular weight excluding hydrogens is 244 g/mol. The number of ether oxygens (including phenoxy) is 2. The summed E-state index contributed by atoms with van der Waals surface area (Å²) < 4.78 is 9.97. The SMILES string of the molecule is COC(=O)c1c2ccccc(OC)c-2c(C#N)c1N. The summed E-state index contributed by atoms with van der Waals surface area (Å²) >= 11 is 0. The van der Waals surface area contributed by atoms with Gasteiger partial charge in [-0.05, 0) is 6.07 Å². The molecule has 0 radical (unpaired) electrons. The Balaban J connectivity index is 2.91. The highest BCUT2D eigenvalue weighted by Crippen LogP contribution is 2.43. The molecular formula is C14H12N2O3. The van der Waals surface area contributed by atoms with Gasteiger partial charge in [-0.2, -0.15) is 5.26 Å². The Kier molecular flexibility index (Phi) is 3.25. The van der Waals surface area contributed by atoms with Gasteiger partial charge < -0.3 is 15.2 Å². The maximum Gasteiger partial charge on any atom is 0.340 e. The second kappa shape index (κ2) is 4.86. The second-order valence-corrected chi connectivity index (χ2v) is 3.84. The molecule has 2 aliphatic rings. The van der Waals surface area contributed by atoms with Crippen LogP contribution in [0.5, 0.6) is 5.75 Å². The van der Waals surface area contributed by atoms with E-state index in [1.54, 1.807) is 24.3 Å². The van der Waals surface area contributed by atoms with Crippen molar-refractivity contribution in [2.24, 2.45) is 0 Å². The lowest BCUT2D eigenvalue weighted by molar-refractivity contribution is 0.0603. The van der Waals surface area contributed by atoms with Crippen molar-refractivity contribution in [3.05, 3.63) is 35.4 Å². The summed E-state index contributed by atoms with van der Waals surface area (Å²) in [6.07, 6.45) is 0. The predicted molar refractivity (Wildman–Crippen MR) is 70.1 cm³/mol. The number of fused-ring (bicyclic) bond motifs is 1. The molecule has 0 atom stereocenters. The molecule has 2 aliphatic carbocycles. The van der Waals surface area contributed by atoms with Gasteiger partial charge in [0.1, 0.15) is 11.8 Å². The van der Waals surface area contributed by atoms with E-state index in [0.717, 1.165) is 0 Å². The first kappa shape index (κ1) is 12.7. The molecule has 0 aliphatic heterocycles. The number of nitrogens with two attached hydrogens (primary N) is 1. The van der Waals surface area contributed by atoms with Crippen LogP contribution in [0.2, 0.25) is 0 Å². The summed E-state index contributed by atoms with van der Waals surface area (Å²) in [6, 6.07) is 8.94. The minimum atomic E-state index is -0.572. The summed E-state index contributed by atoms with van der Waals surface area (Å²) in [4.78, 5) is 11.8. The lowest BCUT2D eigenvalue weighted by Gasteiger charge is -2.03. The zero-order valence-corrected chi connectivity index (χ0v) is 10.6. The first-order valence-electron chi connectivity index (χ1n) is 5.52. The summed E-state index contributed by atoms with van der Waals surface area (Å²) in [5.74, 6) is -0.0874. The number of methoxy groups -OCH3 is 2. The van der Waals surface area contributed by atoms with E-state index in [1.165, 1.54) is 14.2 Å². The van der Waals surface area contributed by atoms with Crippen molar-refractivity contribution in [2.45, 2.75) is 0 Å². The van der Waals surface area contributed by atoms with Crippen LogP contribution in [0, 0.1) is 11.3 Å². The lowest BCUT2D eigenvalue weighted by atomic mass is 10.1. The highest BCUT2D eigenvalue weighted by Gasteiger charge is 2.28. The van der Waals surface area contributed by atoms with E-state index in [9.17, 15) is 10.1 Å². The molecule has 0 saturated heterocycles. The van der Waals surface area contributed by atoms with E-state index < -0.39 is 5.97 Å². The van der Waals surface area contributed by atoms with Crippen LogP contribution in [-0.2, 0) is 4.74 Å². The number of carbonyl (C=O) groups is 1. The molecule has 0 aromatic rings. The minimum Gasteiger partial charge on any atom is -0.496 e. The first-order chi connectivity index (χ1) is 9.15. The molecule has 0 unspecified atom stereocenters. The molecule has 5 heteroatoms. The van der Waals surface area contributed by atoms with Gasteiger partial charge in [0.15, 0.2) is 0 Å². The third kappa shape index (κ3) is 1.83. The van der Waals surface area contributed by atoms with Gasteiger partial charge in [-0.3, -0.25) is 0 Å². The molecule has 0 bridgehead atoms. The Morgan fingerprint density at radius 3 is 2.58 bits per heavy atom. The Morgan fingerprint density at radius 2 is 2.00 bits per heavy atom. The van der Waals surface area contributed by atoms with E-state index in [0.29, 0.717) is 16.9 Å². The molecule has 2 N–H and O–H groups in total. The number of nitrogens with zero attached hydrogens (tertiary/aromatic N) is 1. The number of hydrogen-bond donors (Lipinski definition) is 1. The minimum absolute atomic E-state index is 0.119. The normalized spacial score (nSPS) is 9.95. The molecule has 2 rings (SSSR count). The van der Waals surface area contributed by atoms with Crippen molar-refractivity contribution in [3.63, 3.8) is 0 Å². The van der Waals surface area contributed by atoms with E-state index in [4.69, 9.17) is 15.2 Å². The number of nitriles is 1. The molecule has 0 saturated carbocycles. The van der Waals surface area contributed by atoms with Crippen LogP contribution in [0.3, 0.4) is 0 Å². The largest absolute Gasteiger partial charge is 0.496 e. The highest BCUT2D eigenvalue weighted by atomic mass is 16.5. The smallest absolute Gasteiger partial charge is 0.340 e. The summed E-state index contributed by atoms with van der Waals surface area (Å²) in [5, 5.41) is 9.25. The van der Waals surface area contributed by atoms with Crippen LogP contribution < -0.4 is 10.5 Å². The Morgan fingerprint density at radius 1 is 1.32 bits per heavy atom. The average molecular weight is 256 g/mol.